The quantitative estimate of drug-likeness (QED) is 0.401. The van der Waals surface area contributed by atoms with E-state index >= 15 is 0 Å². The number of hydrogen-bond donors (Lipinski definition) is 0. The first-order valence-corrected chi connectivity index (χ1v) is 5.38. The van der Waals surface area contributed by atoms with Crippen molar-refractivity contribution in [3.63, 3.8) is 0 Å². The molecule has 0 radical (unpaired) electrons. The molecule has 16 heavy (non-hydrogen) atoms. The highest BCUT2D eigenvalue weighted by Crippen LogP contribution is 2.21. The number of fused-ring (bicyclic) bond motifs is 5. The molecule has 0 saturated heterocycles. The van der Waals surface area contributed by atoms with Crippen LogP contribution in [0, 0.1) is 0 Å². The van der Waals surface area contributed by atoms with Crippen molar-refractivity contribution in [2.45, 2.75) is 6.42 Å². The van der Waals surface area contributed by atoms with Crippen molar-refractivity contribution >= 4 is 5.65 Å². The Balaban J connectivity index is 2.13. The topological polar surface area (TPSA) is 21.2 Å². The van der Waals surface area contributed by atoms with Crippen LogP contribution in [0.2, 0.25) is 0 Å². The number of imidazole rings is 1. The molecule has 4 heterocycles. The lowest BCUT2D eigenvalue weighted by molar-refractivity contribution is -0.597. The molecule has 0 unspecified atom stereocenters. The van der Waals surface area contributed by atoms with Crippen molar-refractivity contribution in [1.82, 2.24) is 9.38 Å². The van der Waals surface area contributed by atoms with Gasteiger partial charge in [-0.25, -0.2) is 4.98 Å². The number of nitrogens with zero attached hydrogens (tertiary/aromatic N) is 3. The SMILES string of the molecule is c1cc[n+]2c(c1)Cc1c-2ccc2nccn12. The molecule has 0 bridgehead atoms. The summed E-state index contributed by atoms with van der Waals surface area (Å²) < 4.78 is 4.41. The molecule has 0 amide bonds. The Morgan fingerprint density at radius 1 is 1.19 bits per heavy atom. The van der Waals surface area contributed by atoms with E-state index in [1.165, 1.54) is 17.1 Å². The van der Waals surface area contributed by atoms with Crippen molar-refractivity contribution in [3.8, 4) is 5.69 Å². The molecule has 0 atom stereocenters. The van der Waals surface area contributed by atoms with Crippen LogP contribution in [0.15, 0.2) is 48.9 Å². The summed E-state index contributed by atoms with van der Waals surface area (Å²) >= 11 is 0. The van der Waals surface area contributed by atoms with Gasteiger partial charge in [0.2, 0.25) is 5.69 Å². The molecule has 1 aliphatic rings. The maximum atomic E-state index is 4.31. The van der Waals surface area contributed by atoms with Crippen LogP contribution in [0.25, 0.3) is 11.3 Å². The van der Waals surface area contributed by atoms with Crippen molar-refractivity contribution in [1.29, 1.82) is 0 Å². The Bertz CT molecular complexity index is 697. The Morgan fingerprint density at radius 2 is 2.19 bits per heavy atom. The number of rotatable bonds is 0. The van der Waals surface area contributed by atoms with E-state index in [1.807, 2.05) is 12.4 Å². The summed E-state index contributed by atoms with van der Waals surface area (Å²) in [5, 5.41) is 0. The summed E-state index contributed by atoms with van der Waals surface area (Å²) in [6, 6.07) is 10.5. The number of aromatic nitrogens is 3. The first kappa shape index (κ1) is 8.05. The molecule has 1 aliphatic heterocycles. The Morgan fingerprint density at radius 3 is 3.19 bits per heavy atom. The molecule has 0 aromatic carbocycles. The third kappa shape index (κ3) is 0.877. The smallest absolute Gasteiger partial charge is 0.231 e. The molecule has 0 aliphatic carbocycles. The molecule has 76 valence electrons. The average molecular weight is 208 g/mol. The zero-order chi connectivity index (χ0) is 10.5. The number of pyridine rings is 2. The molecule has 3 nitrogen and oxygen atoms in total. The van der Waals surface area contributed by atoms with Crippen LogP contribution in [0.4, 0.5) is 0 Å². The summed E-state index contributed by atoms with van der Waals surface area (Å²) in [6.45, 7) is 0. The minimum absolute atomic E-state index is 0.976. The lowest BCUT2D eigenvalue weighted by Crippen LogP contribution is -2.30. The van der Waals surface area contributed by atoms with Gasteiger partial charge in [-0.1, -0.05) is 6.07 Å². The summed E-state index contributed by atoms with van der Waals surface area (Å²) in [6.07, 6.45) is 6.97. The van der Waals surface area contributed by atoms with Gasteiger partial charge in [0.05, 0.1) is 6.42 Å². The average Bonchev–Trinajstić information content (AvgIpc) is 2.92. The summed E-state index contributed by atoms with van der Waals surface area (Å²) in [5.41, 5.74) is 4.94. The van der Waals surface area contributed by atoms with E-state index in [1.54, 1.807) is 0 Å². The molecule has 0 fully saturated rings. The molecular formula is C13H10N3+. The molecule has 0 saturated carbocycles. The third-order valence-corrected chi connectivity index (χ3v) is 3.20. The van der Waals surface area contributed by atoms with Gasteiger partial charge < -0.3 is 0 Å². The predicted molar refractivity (Wildman–Crippen MR) is 59.5 cm³/mol. The summed E-state index contributed by atoms with van der Waals surface area (Å²) in [4.78, 5) is 4.31. The fraction of sp³-hybridized carbons (Fsp3) is 0.0769. The minimum atomic E-state index is 0.976. The second kappa shape index (κ2) is 2.70. The van der Waals surface area contributed by atoms with Gasteiger partial charge in [0.25, 0.3) is 0 Å². The van der Waals surface area contributed by atoms with Gasteiger partial charge in [0.15, 0.2) is 11.9 Å². The fourth-order valence-corrected chi connectivity index (χ4v) is 2.46. The maximum absolute atomic E-state index is 4.31. The van der Waals surface area contributed by atoms with Crippen molar-refractivity contribution < 1.29 is 4.57 Å². The molecule has 0 spiro atoms. The Kier molecular flexibility index (Phi) is 1.36. The highest BCUT2D eigenvalue weighted by molar-refractivity contribution is 5.48. The molecule has 3 aromatic rings. The van der Waals surface area contributed by atoms with E-state index in [4.69, 9.17) is 0 Å². The molecule has 0 N–H and O–H groups in total. The second-order valence-corrected chi connectivity index (χ2v) is 4.06. The molecule has 3 aromatic heterocycles. The van der Waals surface area contributed by atoms with E-state index in [9.17, 15) is 0 Å². The minimum Gasteiger partial charge on any atom is -0.297 e. The Labute approximate surface area is 92.6 Å². The van der Waals surface area contributed by atoms with E-state index in [0.717, 1.165) is 12.1 Å². The van der Waals surface area contributed by atoms with Gasteiger partial charge in [0, 0.05) is 30.6 Å². The fourth-order valence-electron chi connectivity index (χ4n) is 2.46. The van der Waals surface area contributed by atoms with Gasteiger partial charge in [-0.15, -0.1) is 0 Å². The zero-order valence-electron chi connectivity index (χ0n) is 8.67. The largest absolute Gasteiger partial charge is 0.297 e. The van der Waals surface area contributed by atoms with Crippen molar-refractivity contribution in [3.05, 3.63) is 60.3 Å². The third-order valence-electron chi connectivity index (χ3n) is 3.20. The van der Waals surface area contributed by atoms with Crippen LogP contribution < -0.4 is 4.57 Å². The van der Waals surface area contributed by atoms with Gasteiger partial charge in [-0.2, -0.15) is 4.57 Å². The highest BCUT2D eigenvalue weighted by atomic mass is 15.1. The van der Waals surface area contributed by atoms with Crippen LogP contribution in [0.5, 0.6) is 0 Å². The van der Waals surface area contributed by atoms with Crippen LogP contribution >= 0.6 is 0 Å². The van der Waals surface area contributed by atoms with E-state index in [-0.39, 0.29) is 0 Å². The predicted octanol–water partition coefficient (Wildman–Crippen LogP) is 1.52. The highest BCUT2D eigenvalue weighted by Gasteiger charge is 2.28. The van der Waals surface area contributed by atoms with Crippen LogP contribution in [0.3, 0.4) is 0 Å². The van der Waals surface area contributed by atoms with E-state index < -0.39 is 0 Å². The summed E-state index contributed by atoms with van der Waals surface area (Å²) in [7, 11) is 0. The van der Waals surface area contributed by atoms with Gasteiger partial charge >= 0.3 is 0 Å². The van der Waals surface area contributed by atoms with Gasteiger partial charge in [-0.3, -0.25) is 4.40 Å². The van der Waals surface area contributed by atoms with Crippen molar-refractivity contribution in [2.24, 2.45) is 0 Å². The molecule has 4 rings (SSSR count). The van der Waals surface area contributed by atoms with E-state index in [2.05, 4.69) is 50.5 Å². The zero-order valence-corrected chi connectivity index (χ0v) is 8.67. The standard InChI is InChI=1S/C13H10N3/c1-2-7-15-10(3-1)9-12-11(15)4-5-13-14-6-8-16(12)13/h1-8H,9H2/q+1. The maximum Gasteiger partial charge on any atom is 0.231 e. The van der Waals surface area contributed by atoms with Gasteiger partial charge in [-0.05, 0) is 6.07 Å². The van der Waals surface area contributed by atoms with E-state index in [0.29, 0.717) is 0 Å². The Hall–Kier alpha value is -2.16. The monoisotopic (exact) mass is 208 g/mol. The van der Waals surface area contributed by atoms with Gasteiger partial charge in [0.1, 0.15) is 11.3 Å². The second-order valence-electron chi connectivity index (χ2n) is 4.06. The molecule has 3 heteroatoms. The number of hydrogen-bond acceptors (Lipinski definition) is 1. The lowest BCUT2D eigenvalue weighted by atomic mass is 10.2. The van der Waals surface area contributed by atoms with Crippen LogP contribution in [-0.2, 0) is 6.42 Å². The van der Waals surface area contributed by atoms with Crippen LogP contribution in [0.1, 0.15) is 11.4 Å². The summed E-state index contributed by atoms with van der Waals surface area (Å²) in [5.74, 6) is 0. The molecular weight excluding hydrogens is 198 g/mol. The normalized spacial score (nSPS) is 12.8. The van der Waals surface area contributed by atoms with Crippen LogP contribution in [-0.4, -0.2) is 9.38 Å². The lowest BCUT2D eigenvalue weighted by Gasteiger charge is -1.97. The van der Waals surface area contributed by atoms with Crippen molar-refractivity contribution in [2.75, 3.05) is 0 Å². The first-order valence-electron chi connectivity index (χ1n) is 5.38. The first-order chi connectivity index (χ1) is 7.93.